The molecule has 0 aromatic heterocycles. The molecule has 0 saturated heterocycles. The predicted molar refractivity (Wildman–Crippen MR) is 126 cm³/mol. The molecule has 0 amide bonds. The third-order valence-electron chi connectivity index (χ3n) is 7.42. The van der Waals surface area contributed by atoms with Crippen molar-refractivity contribution in [3.63, 3.8) is 0 Å². The van der Waals surface area contributed by atoms with Crippen molar-refractivity contribution in [2.24, 2.45) is 11.8 Å². The topological polar surface area (TPSA) is 49.8 Å². The number of ether oxygens (including phenoxy) is 1. The summed E-state index contributed by atoms with van der Waals surface area (Å²) in [5, 5.41) is 9.30. The molecule has 2 saturated carbocycles. The molecule has 31 heavy (non-hydrogen) atoms. The van der Waals surface area contributed by atoms with E-state index in [2.05, 4.69) is 67.4 Å². The zero-order valence-corrected chi connectivity index (χ0v) is 18.8. The molecule has 2 aliphatic rings. The van der Waals surface area contributed by atoms with E-state index in [1.807, 2.05) is 0 Å². The Balaban J connectivity index is 1.39. The minimum absolute atomic E-state index is 0.208. The van der Waals surface area contributed by atoms with Gasteiger partial charge in [-0.15, -0.1) is 0 Å². The molecule has 0 radical (unpaired) electrons. The zero-order valence-electron chi connectivity index (χ0n) is 18.8. The number of hydrogen-bond acceptors (Lipinski definition) is 3. The van der Waals surface area contributed by atoms with Gasteiger partial charge in [0, 0.05) is 18.8 Å². The van der Waals surface area contributed by atoms with Crippen molar-refractivity contribution in [2.45, 2.75) is 70.4 Å². The van der Waals surface area contributed by atoms with Crippen LogP contribution in [0, 0.1) is 11.8 Å². The summed E-state index contributed by atoms with van der Waals surface area (Å²) in [6.45, 7) is 2.29. The number of anilines is 1. The van der Waals surface area contributed by atoms with E-state index < -0.39 is 5.97 Å². The van der Waals surface area contributed by atoms with Gasteiger partial charge in [-0.25, -0.2) is 0 Å². The summed E-state index contributed by atoms with van der Waals surface area (Å²) in [4.78, 5) is 13.5. The molecule has 166 valence electrons. The summed E-state index contributed by atoms with van der Waals surface area (Å²) in [6, 6.07) is 17.3. The van der Waals surface area contributed by atoms with Crippen molar-refractivity contribution in [2.75, 3.05) is 11.9 Å². The lowest BCUT2D eigenvalue weighted by Crippen LogP contribution is -2.29. The van der Waals surface area contributed by atoms with Crippen LogP contribution in [0.2, 0.25) is 0 Å². The Labute approximate surface area is 186 Å². The maximum absolute atomic E-state index is 11.3. The average Bonchev–Trinajstić information content (AvgIpc) is 3.30. The van der Waals surface area contributed by atoms with Crippen LogP contribution >= 0.6 is 0 Å². The summed E-state index contributed by atoms with van der Waals surface area (Å²) in [5.41, 5.74) is 3.49. The van der Waals surface area contributed by atoms with Gasteiger partial charge in [-0.05, 0) is 86.3 Å². The standard InChI is InChI=1S/C27H35NO3/c1-3-19-7-13-25(14-8-19)31-26-15-10-20(11-16-26)21-5-4-6-23(17-21)28(2)24-12-9-22(18-24)27(29)30/h4-6,10-11,15-17,19,22,24-25H,3,7-9,12-14,18H2,1-2H3,(H,29,30). The Hall–Kier alpha value is -2.49. The molecule has 2 atom stereocenters. The number of rotatable bonds is 7. The van der Waals surface area contributed by atoms with Crippen LogP contribution in [-0.2, 0) is 4.79 Å². The minimum Gasteiger partial charge on any atom is -0.490 e. The fourth-order valence-electron chi connectivity index (χ4n) is 5.23. The fourth-order valence-corrected chi connectivity index (χ4v) is 5.23. The van der Waals surface area contributed by atoms with E-state index in [0.717, 1.165) is 36.6 Å². The van der Waals surface area contributed by atoms with Gasteiger partial charge in [-0.3, -0.25) is 4.79 Å². The molecule has 4 rings (SSSR count). The molecule has 2 aromatic carbocycles. The van der Waals surface area contributed by atoms with Gasteiger partial charge in [0.15, 0.2) is 0 Å². The molecule has 2 unspecified atom stereocenters. The minimum atomic E-state index is -0.662. The first kappa shape index (κ1) is 21.7. The Morgan fingerprint density at radius 3 is 2.39 bits per heavy atom. The molecule has 2 fully saturated rings. The van der Waals surface area contributed by atoms with Crippen molar-refractivity contribution in [3.05, 3.63) is 48.5 Å². The van der Waals surface area contributed by atoms with Crippen LogP contribution in [0.25, 0.3) is 11.1 Å². The molecule has 0 heterocycles. The Bertz CT molecular complexity index is 870. The van der Waals surface area contributed by atoms with Crippen molar-refractivity contribution >= 4 is 11.7 Å². The van der Waals surface area contributed by atoms with E-state index in [0.29, 0.717) is 6.10 Å². The van der Waals surface area contributed by atoms with Crippen molar-refractivity contribution < 1.29 is 14.6 Å². The lowest BCUT2D eigenvalue weighted by Gasteiger charge is -2.28. The number of nitrogens with zero attached hydrogens (tertiary/aromatic N) is 1. The number of carboxylic acids is 1. The maximum Gasteiger partial charge on any atom is 0.306 e. The lowest BCUT2D eigenvalue weighted by atomic mass is 9.86. The fraction of sp³-hybridized carbons (Fsp3) is 0.519. The summed E-state index contributed by atoms with van der Waals surface area (Å²) in [5.74, 6) is 0.972. The van der Waals surface area contributed by atoms with E-state index in [9.17, 15) is 9.90 Å². The molecule has 0 aliphatic heterocycles. The second kappa shape index (κ2) is 9.76. The van der Waals surface area contributed by atoms with E-state index in [4.69, 9.17) is 4.74 Å². The van der Waals surface area contributed by atoms with Crippen molar-refractivity contribution in [1.29, 1.82) is 0 Å². The number of benzene rings is 2. The molecule has 0 bridgehead atoms. The second-order valence-corrected chi connectivity index (χ2v) is 9.36. The maximum atomic E-state index is 11.3. The number of hydrogen-bond donors (Lipinski definition) is 1. The molecule has 4 nitrogen and oxygen atoms in total. The van der Waals surface area contributed by atoms with E-state index in [-0.39, 0.29) is 12.0 Å². The average molecular weight is 422 g/mol. The van der Waals surface area contributed by atoms with Gasteiger partial charge >= 0.3 is 5.97 Å². The Morgan fingerprint density at radius 2 is 1.74 bits per heavy atom. The summed E-state index contributed by atoms with van der Waals surface area (Å²) in [6.07, 6.45) is 8.97. The number of carboxylic acid groups (broad SMARTS) is 1. The van der Waals surface area contributed by atoms with E-state index in [1.165, 1.54) is 43.2 Å². The van der Waals surface area contributed by atoms with Gasteiger partial charge in [0.25, 0.3) is 0 Å². The Kier molecular flexibility index (Phi) is 6.84. The van der Waals surface area contributed by atoms with Crippen LogP contribution in [0.1, 0.15) is 58.3 Å². The van der Waals surface area contributed by atoms with Crippen LogP contribution in [0.15, 0.2) is 48.5 Å². The van der Waals surface area contributed by atoms with Crippen molar-refractivity contribution in [1.82, 2.24) is 0 Å². The second-order valence-electron chi connectivity index (χ2n) is 9.36. The van der Waals surface area contributed by atoms with Crippen LogP contribution in [0.3, 0.4) is 0 Å². The van der Waals surface area contributed by atoms with Crippen LogP contribution in [-0.4, -0.2) is 30.3 Å². The zero-order chi connectivity index (χ0) is 21.8. The van der Waals surface area contributed by atoms with Gasteiger partial charge < -0.3 is 14.7 Å². The molecule has 1 N–H and O–H groups in total. The molecular weight excluding hydrogens is 386 g/mol. The van der Waals surface area contributed by atoms with Gasteiger partial charge in [-0.2, -0.15) is 0 Å². The molecule has 0 spiro atoms. The molecule has 4 heteroatoms. The number of aliphatic carboxylic acids is 1. The SMILES string of the molecule is CCC1CCC(Oc2ccc(-c3cccc(N(C)C4CCC(C(=O)O)C4)c3)cc2)CC1. The first-order valence-corrected chi connectivity index (χ1v) is 11.9. The molecule has 2 aromatic rings. The predicted octanol–water partition coefficient (Wildman–Crippen LogP) is 6.39. The van der Waals surface area contributed by atoms with Crippen LogP contribution in [0.5, 0.6) is 5.75 Å². The van der Waals surface area contributed by atoms with Crippen LogP contribution in [0.4, 0.5) is 5.69 Å². The highest BCUT2D eigenvalue weighted by molar-refractivity contribution is 5.71. The first-order valence-electron chi connectivity index (χ1n) is 11.9. The van der Waals surface area contributed by atoms with Crippen LogP contribution < -0.4 is 9.64 Å². The molecular formula is C27H35NO3. The summed E-state index contributed by atoms with van der Waals surface area (Å²) < 4.78 is 6.24. The molecule has 2 aliphatic carbocycles. The monoisotopic (exact) mass is 421 g/mol. The van der Waals surface area contributed by atoms with Crippen molar-refractivity contribution in [3.8, 4) is 16.9 Å². The van der Waals surface area contributed by atoms with Gasteiger partial charge in [-0.1, -0.05) is 37.6 Å². The van der Waals surface area contributed by atoms with Gasteiger partial charge in [0.2, 0.25) is 0 Å². The van der Waals surface area contributed by atoms with Gasteiger partial charge in [0.1, 0.15) is 5.75 Å². The smallest absolute Gasteiger partial charge is 0.306 e. The normalized spacial score (nSPS) is 25.9. The highest BCUT2D eigenvalue weighted by Gasteiger charge is 2.32. The largest absolute Gasteiger partial charge is 0.490 e. The van der Waals surface area contributed by atoms with E-state index in [1.54, 1.807) is 0 Å². The number of carbonyl (C=O) groups is 1. The summed E-state index contributed by atoms with van der Waals surface area (Å²) >= 11 is 0. The first-order chi connectivity index (χ1) is 15.0. The third kappa shape index (κ3) is 5.23. The third-order valence-corrected chi connectivity index (χ3v) is 7.42. The van der Waals surface area contributed by atoms with E-state index >= 15 is 0 Å². The highest BCUT2D eigenvalue weighted by Crippen LogP contribution is 2.34. The lowest BCUT2D eigenvalue weighted by molar-refractivity contribution is -0.141. The quantitative estimate of drug-likeness (QED) is 0.563. The van der Waals surface area contributed by atoms with Gasteiger partial charge in [0.05, 0.1) is 12.0 Å². The Morgan fingerprint density at radius 1 is 1.00 bits per heavy atom. The summed E-state index contributed by atoms with van der Waals surface area (Å²) in [7, 11) is 2.08. The highest BCUT2D eigenvalue weighted by atomic mass is 16.5.